The van der Waals surface area contributed by atoms with E-state index < -0.39 is 0 Å². The third-order valence-corrected chi connectivity index (χ3v) is 5.36. The van der Waals surface area contributed by atoms with Crippen LogP contribution < -0.4 is 0 Å². The van der Waals surface area contributed by atoms with Crippen LogP contribution in [-0.2, 0) is 6.54 Å². The van der Waals surface area contributed by atoms with E-state index in [1.54, 1.807) is 6.07 Å². The molecule has 0 bridgehead atoms. The van der Waals surface area contributed by atoms with Crippen molar-refractivity contribution in [2.75, 3.05) is 6.54 Å². The lowest BCUT2D eigenvalue weighted by Crippen LogP contribution is -2.42. The predicted molar refractivity (Wildman–Crippen MR) is 110 cm³/mol. The summed E-state index contributed by atoms with van der Waals surface area (Å²) in [5.74, 6) is 1.89. The molecule has 4 rings (SSSR count). The third kappa shape index (κ3) is 3.92. The molecule has 0 unspecified atom stereocenters. The van der Waals surface area contributed by atoms with Crippen LogP contribution in [0.2, 0.25) is 0 Å². The number of carbonyl (C=O) groups excluding carboxylic acids is 1. The van der Waals surface area contributed by atoms with E-state index in [2.05, 4.69) is 28.6 Å². The van der Waals surface area contributed by atoms with Gasteiger partial charge in [0.15, 0.2) is 5.82 Å². The molecule has 2 aromatic carbocycles. The molecule has 0 saturated heterocycles. The molecule has 0 radical (unpaired) electrons. The molecule has 3 aromatic rings. The first-order chi connectivity index (χ1) is 13.9. The van der Waals surface area contributed by atoms with Gasteiger partial charge in [-0.1, -0.05) is 38.1 Å². The molecule has 0 spiro atoms. The topological polar surface area (TPSA) is 51.0 Å². The lowest BCUT2D eigenvalue weighted by Gasteiger charge is -2.35. The highest BCUT2D eigenvalue weighted by molar-refractivity contribution is 5.95. The number of hydrogen-bond acceptors (Lipinski definition) is 3. The van der Waals surface area contributed by atoms with E-state index in [0.717, 1.165) is 29.2 Å². The lowest BCUT2D eigenvalue weighted by atomic mass is 9.99. The second-order valence-corrected chi connectivity index (χ2v) is 8.09. The van der Waals surface area contributed by atoms with Gasteiger partial charge < -0.3 is 9.47 Å². The molecular formula is C23H25FN4O. The minimum absolute atomic E-state index is 0.0380. The maximum Gasteiger partial charge on any atom is 0.254 e. The number of nitrogens with zero attached hydrogens (tertiary/aromatic N) is 4. The van der Waals surface area contributed by atoms with Gasteiger partial charge in [0.1, 0.15) is 11.6 Å². The number of carbonyl (C=O) groups is 1. The summed E-state index contributed by atoms with van der Waals surface area (Å²) in [7, 11) is 0. The molecule has 1 atom stereocenters. The van der Waals surface area contributed by atoms with Gasteiger partial charge in [0.05, 0.1) is 12.6 Å². The number of amides is 1. The molecule has 5 nitrogen and oxygen atoms in total. The Bertz CT molecular complexity index is 1040. The van der Waals surface area contributed by atoms with Crippen molar-refractivity contribution in [2.24, 2.45) is 5.92 Å². The average molecular weight is 392 g/mol. The Balaban J connectivity index is 1.62. The molecule has 0 saturated carbocycles. The number of hydrogen-bond donors (Lipinski definition) is 0. The van der Waals surface area contributed by atoms with Crippen LogP contribution in [0.5, 0.6) is 0 Å². The zero-order valence-corrected chi connectivity index (χ0v) is 17.0. The maximum atomic E-state index is 13.6. The average Bonchev–Trinajstić information content (AvgIpc) is 3.08. The summed E-state index contributed by atoms with van der Waals surface area (Å²) in [6, 6.07) is 14.0. The first-order valence-electron chi connectivity index (χ1n) is 9.98. The maximum absolute atomic E-state index is 13.6. The molecule has 1 aromatic heterocycles. The largest absolute Gasteiger partial charge is 0.329 e. The fourth-order valence-electron chi connectivity index (χ4n) is 4.13. The minimum Gasteiger partial charge on any atom is -0.329 e. The van der Waals surface area contributed by atoms with E-state index in [0.29, 0.717) is 24.6 Å². The summed E-state index contributed by atoms with van der Waals surface area (Å²) < 4.78 is 15.8. The normalized spacial score (nSPS) is 16.2. The van der Waals surface area contributed by atoms with E-state index >= 15 is 0 Å². The zero-order chi connectivity index (χ0) is 20.5. The SMILES string of the molecule is Cc1nnc2n1[C@@H](CC(C)C)CN(C(=O)c1cccc(-c3cccc(F)c3)c1)C2. The van der Waals surface area contributed by atoms with Gasteiger partial charge in [-0.25, -0.2) is 4.39 Å². The van der Waals surface area contributed by atoms with Crippen molar-refractivity contribution in [3.63, 3.8) is 0 Å². The first kappa shape index (κ1) is 19.3. The molecular weight excluding hydrogens is 367 g/mol. The number of fused-ring (bicyclic) bond motifs is 1. The summed E-state index contributed by atoms with van der Waals surface area (Å²) in [4.78, 5) is 15.1. The van der Waals surface area contributed by atoms with Crippen LogP contribution in [0.15, 0.2) is 48.5 Å². The molecule has 0 fully saturated rings. The van der Waals surface area contributed by atoms with Gasteiger partial charge in [-0.3, -0.25) is 4.79 Å². The van der Waals surface area contributed by atoms with Crippen molar-refractivity contribution in [3.05, 3.63) is 71.6 Å². The van der Waals surface area contributed by atoms with Gasteiger partial charge in [0, 0.05) is 12.1 Å². The van der Waals surface area contributed by atoms with E-state index in [4.69, 9.17) is 0 Å². The van der Waals surface area contributed by atoms with Crippen LogP contribution in [0.3, 0.4) is 0 Å². The fraction of sp³-hybridized carbons (Fsp3) is 0.348. The Hall–Kier alpha value is -3.02. The number of halogens is 1. The number of aromatic nitrogens is 3. The van der Waals surface area contributed by atoms with Gasteiger partial charge in [-0.05, 0) is 54.7 Å². The quantitative estimate of drug-likeness (QED) is 0.650. The second-order valence-electron chi connectivity index (χ2n) is 8.09. The van der Waals surface area contributed by atoms with E-state index in [1.807, 2.05) is 42.2 Å². The minimum atomic E-state index is -0.290. The Morgan fingerprint density at radius 1 is 1.14 bits per heavy atom. The molecule has 29 heavy (non-hydrogen) atoms. The van der Waals surface area contributed by atoms with Crippen LogP contribution in [-0.4, -0.2) is 32.1 Å². The number of benzene rings is 2. The molecule has 1 aliphatic rings. The van der Waals surface area contributed by atoms with Crippen molar-refractivity contribution in [3.8, 4) is 11.1 Å². The molecule has 1 amide bonds. The van der Waals surface area contributed by atoms with Crippen LogP contribution in [0.25, 0.3) is 11.1 Å². The highest BCUT2D eigenvalue weighted by atomic mass is 19.1. The Morgan fingerprint density at radius 2 is 1.86 bits per heavy atom. The van der Waals surface area contributed by atoms with Gasteiger partial charge in [-0.2, -0.15) is 0 Å². The summed E-state index contributed by atoms with van der Waals surface area (Å²) >= 11 is 0. The summed E-state index contributed by atoms with van der Waals surface area (Å²) in [5.41, 5.74) is 2.18. The fourth-order valence-corrected chi connectivity index (χ4v) is 4.13. The van der Waals surface area contributed by atoms with Crippen molar-refractivity contribution >= 4 is 5.91 Å². The van der Waals surface area contributed by atoms with Crippen LogP contribution >= 0.6 is 0 Å². The summed E-state index contributed by atoms with van der Waals surface area (Å²) in [6.07, 6.45) is 0.957. The monoisotopic (exact) mass is 392 g/mol. The van der Waals surface area contributed by atoms with Gasteiger partial charge >= 0.3 is 0 Å². The van der Waals surface area contributed by atoms with E-state index in [9.17, 15) is 9.18 Å². The van der Waals surface area contributed by atoms with Crippen LogP contribution in [0, 0.1) is 18.7 Å². The summed E-state index contributed by atoms with van der Waals surface area (Å²) in [5, 5.41) is 8.52. The number of rotatable bonds is 4. The van der Waals surface area contributed by atoms with E-state index in [-0.39, 0.29) is 17.8 Å². The molecule has 0 aliphatic carbocycles. The van der Waals surface area contributed by atoms with Crippen molar-refractivity contribution in [2.45, 2.75) is 39.8 Å². The summed E-state index contributed by atoms with van der Waals surface area (Å²) in [6.45, 7) is 7.40. The van der Waals surface area contributed by atoms with Crippen molar-refractivity contribution in [1.29, 1.82) is 0 Å². The standard InChI is InChI=1S/C23H25FN4O/c1-15(2)10-21-13-27(14-22-26-25-16(3)28(21)22)23(29)19-8-4-6-17(11-19)18-7-5-9-20(24)12-18/h4-9,11-12,15,21H,10,13-14H2,1-3H3/t21-/m0/s1. The molecule has 1 aliphatic heterocycles. The Kier molecular flexibility index (Phi) is 5.18. The van der Waals surface area contributed by atoms with Gasteiger partial charge in [-0.15, -0.1) is 10.2 Å². The van der Waals surface area contributed by atoms with Crippen molar-refractivity contribution < 1.29 is 9.18 Å². The first-order valence-corrected chi connectivity index (χ1v) is 9.98. The van der Waals surface area contributed by atoms with Crippen molar-refractivity contribution in [1.82, 2.24) is 19.7 Å². The van der Waals surface area contributed by atoms with Gasteiger partial charge in [0.2, 0.25) is 0 Å². The lowest BCUT2D eigenvalue weighted by molar-refractivity contribution is 0.0660. The predicted octanol–water partition coefficient (Wildman–Crippen LogP) is 4.64. The Labute approximate surface area is 170 Å². The van der Waals surface area contributed by atoms with Gasteiger partial charge in [0.25, 0.3) is 5.91 Å². The number of aryl methyl sites for hydroxylation is 1. The Morgan fingerprint density at radius 3 is 2.59 bits per heavy atom. The molecule has 0 N–H and O–H groups in total. The highest BCUT2D eigenvalue weighted by Gasteiger charge is 2.31. The smallest absolute Gasteiger partial charge is 0.254 e. The second kappa shape index (κ2) is 7.78. The zero-order valence-electron chi connectivity index (χ0n) is 17.0. The molecule has 150 valence electrons. The molecule has 6 heteroatoms. The van der Waals surface area contributed by atoms with E-state index in [1.165, 1.54) is 12.1 Å². The third-order valence-electron chi connectivity index (χ3n) is 5.36. The van der Waals surface area contributed by atoms with Crippen LogP contribution in [0.1, 0.15) is 48.3 Å². The van der Waals surface area contributed by atoms with Crippen LogP contribution in [0.4, 0.5) is 4.39 Å². The highest BCUT2D eigenvalue weighted by Crippen LogP contribution is 2.29. The molecule has 2 heterocycles.